The zero-order valence-electron chi connectivity index (χ0n) is 33.1. The number of hydrogen-bond acceptors (Lipinski definition) is 4. The van der Waals surface area contributed by atoms with Crippen molar-refractivity contribution in [1.82, 2.24) is 0 Å². The lowest BCUT2D eigenvalue weighted by molar-refractivity contribution is 0.0817. The summed E-state index contributed by atoms with van der Waals surface area (Å²) in [6, 6.07) is 15.7. The average molecular weight is 689 g/mol. The van der Waals surface area contributed by atoms with Gasteiger partial charge in [-0.05, 0) is 74.2 Å². The Kier molecular flexibility index (Phi) is 25.3. The van der Waals surface area contributed by atoms with Crippen LogP contribution in [0.15, 0.2) is 48.5 Å². The molecule has 0 aliphatic rings. The molecule has 0 radical (unpaired) electrons. The first-order chi connectivity index (χ1) is 24.5. The van der Waals surface area contributed by atoms with Crippen LogP contribution in [0.25, 0.3) is 0 Å². The maximum atomic E-state index is 13.4. The normalized spacial score (nSPS) is 11.2. The standard InChI is InChI=1S/C46H76N2O2/c1-5-9-13-17-21-25-37-47(38-26-22-18-14-10-6-2)43-33-29-41(30-34-43)45(49)46(50)42-31-35-44(36-32-42)48(39-27-23-19-15-11-7-3)40-28-24-20-16-12-8-4/h29-36H,5-28,37-40H2,1-4H3. The van der Waals surface area contributed by atoms with E-state index in [1.807, 2.05) is 24.3 Å². The SMILES string of the molecule is CCCCCCCCN(CCCCCCCC)c1ccc(C(=O)C(=O)c2ccc(N(CCCCCCCC)CCCCCCCC)cc2)cc1. The minimum absolute atomic E-state index is 0.418. The second-order valence-corrected chi connectivity index (χ2v) is 14.8. The molecular formula is C46H76N2O2. The van der Waals surface area contributed by atoms with Crippen molar-refractivity contribution in [3.63, 3.8) is 0 Å². The van der Waals surface area contributed by atoms with Gasteiger partial charge in [-0.2, -0.15) is 0 Å². The Morgan fingerprint density at radius 1 is 0.340 bits per heavy atom. The second-order valence-electron chi connectivity index (χ2n) is 14.8. The summed E-state index contributed by atoms with van der Waals surface area (Å²) in [7, 11) is 0. The monoisotopic (exact) mass is 689 g/mol. The Morgan fingerprint density at radius 3 is 0.800 bits per heavy atom. The van der Waals surface area contributed by atoms with Crippen molar-refractivity contribution in [3.05, 3.63) is 59.7 Å². The molecule has 0 aliphatic carbocycles. The molecule has 0 unspecified atom stereocenters. The molecule has 0 fully saturated rings. The Hall–Kier alpha value is -2.62. The van der Waals surface area contributed by atoms with Crippen LogP contribution in [-0.4, -0.2) is 37.7 Å². The van der Waals surface area contributed by atoms with E-state index >= 15 is 0 Å². The highest BCUT2D eigenvalue weighted by Gasteiger charge is 2.19. The summed E-state index contributed by atoms with van der Waals surface area (Å²) >= 11 is 0. The number of carbonyl (C=O) groups excluding carboxylic acids is 2. The van der Waals surface area contributed by atoms with Gasteiger partial charge in [-0.3, -0.25) is 9.59 Å². The van der Waals surface area contributed by atoms with E-state index in [-0.39, 0.29) is 0 Å². The lowest BCUT2D eigenvalue weighted by Crippen LogP contribution is -2.26. The molecule has 0 atom stereocenters. The van der Waals surface area contributed by atoms with Crippen LogP contribution in [-0.2, 0) is 0 Å². The molecule has 0 saturated heterocycles. The van der Waals surface area contributed by atoms with Crippen molar-refractivity contribution in [2.75, 3.05) is 36.0 Å². The molecule has 282 valence electrons. The molecule has 4 nitrogen and oxygen atoms in total. The van der Waals surface area contributed by atoms with E-state index in [0.717, 1.165) is 37.6 Å². The van der Waals surface area contributed by atoms with E-state index in [1.165, 1.54) is 154 Å². The Balaban J connectivity index is 2.02. The van der Waals surface area contributed by atoms with Crippen molar-refractivity contribution in [3.8, 4) is 0 Å². The zero-order valence-corrected chi connectivity index (χ0v) is 33.1. The molecule has 4 heteroatoms. The van der Waals surface area contributed by atoms with Crippen LogP contribution in [0, 0.1) is 0 Å². The molecule has 50 heavy (non-hydrogen) atoms. The van der Waals surface area contributed by atoms with Crippen molar-refractivity contribution in [2.24, 2.45) is 0 Å². The maximum absolute atomic E-state index is 13.4. The number of unbranched alkanes of at least 4 members (excludes halogenated alkanes) is 20. The minimum Gasteiger partial charge on any atom is -0.372 e. The number of anilines is 2. The third-order valence-electron chi connectivity index (χ3n) is 10.3. The van der Waals surface area contributed by atoms with Crippen molar-refractivity contribution in [2.45, 2.75) is 182 Å². The summed E-state index contributed by atoms with van der Waals surface area (Å²) in [5.41, 5.74) is 3.29. The number of ketones is 2. The number of benzene rings is 2. The zero-order chi connectivity index (χ0) is 36.1. The first-order valence-corrected chi connectivity index (χ1v) is 21.3. The first-order valence-electron chi connectivity index (χ1n) is 21.3. The number of hydrogen-bond donors (Lipinski definition) is 0. The van der Waals surface area contributed by atoms with Crippen LogP contribution in [0.2, 0.25) is 0 Å². The largest absolute Gasteiger partial charge is 0.372 e. The summed E-state index contributed by atoms with van der Waals surface area (Å²) in [4.78, 5) is 31.7. The van der Waals surface area contributed by atoms with Gasteiger partial charge < -0.3 is 9.80 Å². The Bertz CT molecular complexity index is 988. The van der Waals surface area contributed by atoms with Crippen LogP contribution in [0.1, 0.15) is 203 Å². The Labute approximate surface area is 309 Å². The Morgan fingerprint density at radius 2 is 0.560 bits per heavy atom. The van der Waals surface area contributed by atoms with E-state index in [0.29, 0.717) is 11.1 Å². The summed E-state index contributed by atoms with van der Waals surface area (Å²) in [6.07, 6.45) is 30.9. The molecule has 2 rings (SSSR count). The smallest absolute Gasteiger partial charge is 0.233 e. The van der Waals surface area contributed by atoms with Gasteiger partial charge in [0.15, 0.2) is 0 Å². The van der Waals surface area contributed by atoms with Gasteiger partial charge in [-0.1, -0.05) is 156 Å². The topological polar surface area (TPSA) is 40.6 Å². The fourth-order valence-electron chi connectivity index (χ4n) is 6.98. The van der Waals surface area contributed by atoms with Gasteiger partial charge in [0, 0.05) is 48.7 Å². The third kappa shape index (κ3) is 18.6. The molecule has 0 amide bonds. The molecule has 0 bridgehead atoms. The predicted octanol–water partition coefficient (Wildman–Crippen LogP) is 13.8. The van der Waals surface area contributed by atoms with Crippen LogP contribution < -0.4 is 9.80 Å². The third-order valence-corrected chi connectivity index (χ3v) is 10.3. The lowest BCUT2D eigenvalue weighted by atomic mass is 10.0. The van der Waals surface area contributed by atoms with Gasteiger partial charge in [-0.15, -0.1) is 0 Å². The highest BCUT2D eigenvalue weighted by Crippen LogP contribution is 2.22. The highest BCUT2D eigenvalue weighted by atomic mass is 16.2. The fraction of sp³-hybridized carbons (Fsp3) is 0.696. The van der Waals surface area contributed by atoms with Gasteiger partial charge in [0.25, 0.3) is 0 Å². The molecular weight excluding hydrogens is 613 g/mol. The van der Waals surface area contributed by atoms with Crippen molar-refractivity contribution in [1.29, 1.82) is 0 Å². The number of nitrogens with zero attached hydrogens (tertiary/aromatic N) is 2. The molecule has 0 aliphatic heterocycles. The van der Waals surface area contributed by atoms with Gasteiger partial charge in [0.05, 0.1) is 0 Å². The first kappa shape index (κ1) is 43.5. The van der Waals surface area contributed by atoms with Gasteiger partial charge in [0.2, 0.25) is 11.6 Å². The van der Waals surface area contributed by atoms with E-state index in [2.05, 4.69) is 61.8 Å². The van der Waals surface area contributed by atoms with E-state index in [9.17, 15) is 9.59 Å². The summed E-state index contributed by atoms with van der Waals surface area (Å²) in [6.45, 7) is 13.3. The quantitative estimate of drug-likeness (QED) is 0.0425. The molecule has 2 aromatic carbocycles. The van der Waals surface area contributed by atoms with E-state index < -0.39 is 11.6 Å². The van der Waals surface area contributed by atoms with Crippen LogP contribution in [0.4, 0.5) is 11.4 Å². The summed E-state index contributed by atoms with van der Waals surface area (Å²) in [5, 5.41) is 0. The lowest BCUT2D eigenvalue weighted by Gasteiger charge is -2.25. The van der Waals surface area contributed by atoms with Crippen molar-refractivity contribution < 1.29 is 9.59 Å². The van der Waals surface area contributed by atoms with Crippen LogP contribution in [0.3, 0.4) is 0 Å². The van der Waals surface area contributed by atoms with Gasteiger partial charge in [0.1, 0.15) is 0 Å². The summed E-state index contributed by atoms with van der Waals surface area (Å²) in [5.74, 6) is -0.836. The summed E-state index contributed by atoms with van der Waals surface area (Å²) < 4.78 is 0. The molecule has 2 aromatic rings. The second kappa shape index (κ2) is 29.0. The van der Waals surface area contributed by atoms with Crippen LogP contribution in [0.5, 0.6) is 0 Å². The van der Waals surface area contributed by atoms with E-state index in [4.69, 9.17) is 0 Å². The van der Waals surface area contributed by atoms with Gasteiger partial charge >= 0.3 is 0 Å². The maximum Gasteiger partial charge on any atom is 0.233 e. The predicted molar refractivity (Wildman–Crippen MR) is 219 cm³/mol. The molecule has 0 aromatic heterocycles. The average Bonchev–Trinajstić information content (AvgIpc) is 3.15. The molecule has 0 heterocycles. The molecule has 0 N–H and O–H groups in total. The fourth-order valence-corrected chi connectivity index (χ4v) is 6.98. The minimum atomic E-state index is -0.418. The molecule has 0 saturated carbocycles. The van der Waals surface area contributed by atoms with Gasteiger partial charge in [-0.25, -0.2) is 0 Å². The highest BCUT2D eigenvalue weighted by molar-refractivity contribution is 6.49. The number of rotatable bonds is 33. The van der Waals surface area contributed by atoms with E-state index in [1.54, 1.807) is 0 Å². The number of Topliss-reactive ketones (excluding diaryl/α,β-unsaturated/α-hetero) is 2. The molecule has 0 spiro atoms. The number of carbonyl (C=O) groups is 2. The van der Waals surface area contributed by atoms with Crippen molar-refractivity contribution >= 4 is 22.9 Å². The van der Waals surface area contributed by atoms with Crippen LogP contribution >= 0.6 is 0 Å².